The summed E-state index contributed by atoms with van der Waals surface area (Å²) in [6, 6.07) is 0. The molecule has 0 rings (SSSR count). The van der Waals surface area contributed by atoms with E-state index < -0.39 is 11.9 Å². The predicted molar refractivity (Wildman–Crippen MR) is 37.8 cm³/mol. The Morgan fingerprint density at radius 2 is 2.00 bits per heavy atom. The van der Waals surface area contributed by atoms with E-state index in [1.165, 1.54) is 6.92 Å². The van der Waals surface area contributed by atoms with E-state index in [0.717, 1.165) is 6.26 Å². The van der Waals surface area contributed by atoms with Gasteiger partial charge in [-0.2, -0.15) is 0 Å². The molecule has 0 aromatic heterocycles. The first kappa shape index (κ1) is 13.9. The molecule has 1 N–H and O–H groups in total. The first-order chi connectivity index (χ1) is 5.07. The molecule has 0 aliphatic rings. The number of rotatable bonds is 3. The molecule has 0 aliphatic heterocycles. The number of carbonyl (C=O) groups excluding carboxylic acids is 1. The molecule has 5 heteroatoms. The Hall–Kier alpha value is -0.697. The van der Waals surface area contributed by atoms with Crippen LogP contribution in [0.1, 0.15) is 20.3 Å². The van der Waals surface area contributed by atoms with Gasteiger partial charge in [0.25, 0.3) is 0 Å². The van der Waals surface area contributed by atoms with E-state index in [1.54, 1.807) is 6.92 Å². The third kappa shape index (κ3) is 6.04. The maximum absolute atomic E-state index is 10.5. The topological polar surface area (TPSA) is 63.6 Å². The van der Waals surface area contributed by atoms with Crippen molar-refractivity contribution in [1.82, 2.24) is 0 Å². The zero-order valence-electron chi connectivity index (χ0n) is 7.16. The van der Waals surface area contributed by atoms with Gasteiger partial charge in [0.2, 0.25) is 0 Å². The third-order valence-corrected chi connectivity index (χ3v) is 0.993. The van der Waals surface area contributed by atoms with Crippen molar-refractivity contribution in [3.63, 3.8) is 0 Å². The predicted octanol–water partition coefficient (Wildman–Crippen LogP) is 0.925. The first-order valence-corrected chi connectivity index (χ1v) is 3.17. The summed E-state index contributed by atoms with van der Waals surface area (Å²) in [4.78, 5) is 20.6. The summed E-state index contributed by atoms with van der Waals surface area (Å²) < 4.78 is 4.43. The molecular weight excluding hydrogens is 213 g/mol. The largest absolute Gasteiger partial charge is 0.478 e. The summed E-state index contributed by atoms with van der Waals surface area (Å²) in [7, 11) is 0. The van der Waals surface area contributed by atoms with E-state index in [2.05, 4.69) is 4.74 Å². The third-order valence-electron chi connectivity index (χ3n) is 0.993. The Balaban J connectivity index is 0. The fourth-order valence-electron chi connectivity index (χ4n) is 0.288. The maximum Gasteiger partial charge on any atom is 0.334 e. The van der Waals surface area contributed by atoms with Crippen molar-refractivity contribution in [2.24, 2.45) is 0 Å². The maximum atomic E-state index is 10.5. The van der Waals surface area contributed by atoms with Crippen molar-refractivity contribution in [3.8, 4) is 0 Å². The van der Waals surface area contributed by atoms with Gasteiger partial charge in [0.1, 0.15) is 6.26 Å². The summed E-state index contributed by atoms with van der Waals surface area (Å²) >= 11 is 0. The van der Waals surface area contributed by atoms with Crippen LogP contribution in [0.15, 0.2) is 11.8 Å². The minimum atomic E-state index is -1.09. The Labute approximate surface area is 83.4 Å². The number of aliphatic carboxylic acids is 1. The van der Waals surface area contributed by atoms with Gasteiger partial charge >= 0.3 is 11.9 Å². The average molecular weight is 224 g/mol. The first-order valence-electron chi connectivity index (χ1n) is 3.17. The summed E-state index contributed by atoms with van der Waals surface area (Å²) in [5, 5.41) is 8.31. The van der Waals surface area contributed by atoms with E-state index >= 15 is 0 Å². The number of hydrogen-bond acceptors (Lipinski definition) is 3. The number of carboxylic acid groups (broad SMARTS) is 1. The minimum Gasteiger partial charge on any atom is -0.478 e. The van der Waals surface area contributed by atoms with Crippen LogP contribution in [0.4, 0.5) is 0 Å². The summed E-state index contributed by atoms with van der Waals surface area (Å²) in [6.45, 7) is 2.98. The second-order valence-electron chi connectivity index (χ2n) is 1.95. The molecule has 0 heterocycles. The van der Waals surface area contributed by atoms with Crippen LogP contribution in [-0.2, 0) is 33.8 Å². The Kier molecular flexibility index (Phi) is 8.06. The Morgan fingerprint density at radius 3 is 2.33 bits per heavy atom. The van der Waals surface area contributed by atoms with Gasteiger partial charge in [-0.05, 0) is 6.92 Å². The van der Waals surface area contributed by atoms with Gasteiger partial charge < -0.3 is 9.84 Å². The Bertz CT molecular complexity index is 198. The van der Waals surface area contributed by atoms with Crippen molar-refractivity contribution in [3.05, 3.63) is 11.8 Å². The van der Waals surface area contributed by atoms with E-state index in [9.17, 15) is 9.59 Å². The van der Waals surface area contributed by atoms with Crippen LogP contribution >= 0.6 is 0 Å². The quantitative estimate of drug-likeness (QED) is 0.335. The molecule has 0 aliphatic carbocycles. The second-order valence-corrected chi connectivity index (χ2v) is 1.95. The molecule has 0 radical (unpaired) electrons. The minimum absolute atomic E-state index is 0. The molecule has 4 nitrogen and oxygen atoms in total. The molecule has 0 unspecified atom stereocenters. The van der Waals surface area contributed by atoms with Crippen LogP contribution in [0.2, 0.25) is 0 Å². The van der Waals surface area contributed by atoms with E-state index in [-0.39, 0.29) is 31.5 Å². The number of ether oxygens (including phenoxy) is 1. The van der Waals surface area contributed by atoms with Crippen molar-refractivity contribution in [1.29, 1.82) is 0 Å². The number of carbonyl (C=O) groups is 2. The molecule has 0 saturated heterocycles. The SMILES string of the molecule is CCC(=O)OC=C(C)C(=O)O.[Zn]. The molecule has 0 aromatic rings. The number of esters is 1. The molecule has 0 bridgehead atoms. The van der Waals surface area contributed by atoms with Gasteiger partial charge in [-0.3, -0.25) is 4.79 Å². The molecule has 12 heavy (non-hydrogen) atoms. The molecular formula is C7H10O4Zn. The van der Waals surface area contributed by atoms with E-state index in [0.29, 0.717) is 0 Å². The molecule has 0 amide bonds. The van der Waals surface area contributed by atoms with Crippen LogP contribution in [0, 0.1) is 0 Å². The standard InChI is InChI=1S/C7H10O4.Zn/c1-3-6(8)11-4-5(2)7(9)10;/h4H,3H2,1-2H3,(H,9,10);. The van der Waals surface area contributed by atoms with Gasteiger partial charge in [-0.25, -0.2) is 4.79 Å². The zero-order valence-corrected chi connectivity index (χ0v) is 10.1. The van der Waals surface area contributed by atoms with E-state index in [4.69, 9.17) is 5.11 Å². The van der Waals surface area contributed by atoms with E-state index in [1.807, 2.05) is 0 Å². The fraction of sp³-hybridized carbons (Fsp3) is 0.429. The summed E-state index contributed by atoms with van der Waals surface area (Å²) in [6.07, 6.45) is 1.18. The van der Waals surface area contributed by atoms with Gasteiger partial charge in [0, 0.05) is 25.9 Å². The molecule has 0 spiro atoms. The fourth-order valence-corrected chi connectivity index (χ4v) is 0.288. The van der Waals surface area contributed by atoms with Crippen LogP contribution in [-0.4, -0.2) is 17.0 Å². The normalized spacial score (nSPS) is 10.0. The monoisotopic (exact) mass is 222 g/mol. The van der Waals surface area contributed by atoms with Crippen molar-refractivity contribution >= 4 is 11.9 Å². The van der Waals surface area contributed by atoms with Crippen molar-refractivity contribution < 1.29 is 38.9 Å². The molecule has 0 fully saturated rings. The Morgan fingerprint density at radius 1 is 1.50 bits per heavy atom. The zero-order chi connectivity index (χ0) is 8.85. The van der Waals surface area contributed by atoms with Gasteiger partial charge in [-0.1, -0.05) is 6.92 Å². The van der Waals surface area contributed by atoms with Crippen LogP contribution in [0.3, 0.4) is 0 Å². The van der Waals surface area contributed by atoms with Crippen LogP contribution in [0.5, 0.6) is 0 Å². The smallest absolute Gasteiger partial charge is 0.334 e. The molecule has 0 atom stereocenters. The molecule has 0 saturated carbocycles. The molecule has 0 aromatic carbocycles. The van der Waals surface area contributed by atoms with Gasteiger partial charge in [0.15, 0.2) is 0 Å². The molecule has 64 valence electrons. The van der Waals surface area contributed by atoms with Gasteiger partial charge in [-0.15, -0.1) is 0 Å². The van der Waals surface area contributed by atoms with Crippen LogP contribution < -0.4 is 0 Å². The summed E-state index contributed by atoms with van der Waals surface area (Å²) in [5.41, 5.74) is 0.00630. The second kappa shape index (κ2) is 6.98. The van der Waals surface area contributed by atoms with Gasteiger partial charge in [0.05, 0.1) is 5.57 Å². The van der Waals surface area contributed by atoms with Crippen molar-refractivity contribution in [2.45, 2.75) is 20.3 Å². The number of hydrogen-bond donors (Lipinski definition) is 1. The average Bonchev–Trinajstić information content (AvgIpc) is 1.99. The van der Waals surface area contributed by atoms with Crippen LogP contribution in [0.25, 0.3) is 0 Å². The summed E-state index contributed by atoms with van der Waals surface area (Å²) in [5.74, 6) is -1.53. The number of carboxylic acids is 1. The van der Waals surface area contributed by atoms with Crippen molar-refractivity contribution in [2.75, 3.05) is 0 Å².